The zero-order valence-corrected chi connectivity index (χ0v) is 13.8. The quantitative estimate of drug-likeness (QED) is 0.632. The molecule has 25 heavy (non-hydrogen) atoms. The number of hydrogen-bond acceptors (Lipinski definition) is 7. The summed E-state index contributed by atoms with van der Waals surface area (Å²) in [6.07, 6.45) is 0. The van der Waals surface area contributed by atoms with E-state index in [0.29, 0.717) is 11.3 Å². The first-order valence-corrected chi connectivity index (χ1v) is 7.64. The van der Waals surface area contributed by atoms with Gasteiger partial charge in [0.05, 0.1) is 19.9 Å². The second-order valence-corrected chi connectivity index (χ2v) is 5.43. The lowest BCUT2D eigenvalue weighted by atomic mass is 9.85. The minimum Gasteiger partial charge on any atom is -0.467 e. The molecule has 1 atom stereocenters. The SMILES string of the molecule is COC(=O)C1(C(=O)OC)N=NN(c2ccccc2)C1c1ccccc1. The maximum Gasteiger partial charge on any atom is 0.350 e. The molecule has 0 aromatic heterocycles. The molecule has 0 saturated heterocycles. The second-order valence-electron chi connectivity index (χ2n) is 5.43. The van der Waals surface area contributed by atoms with Gasteiger partial charge in [0.2, 0.25) is 0 Å². The highest BCUT2D eigenvalue weighted by atomic mass is 16.5. The van der Waals surface area contributed by atoms with E-state index in [-0.39, 0.29) is 0 Å². The molecule has 0 bridgehead atoms. The number of benzene rings is 2. The van der Waals surface area contributed by atoms with Crippen molar-refractivity contribution < 1.29 is 19.1 Å². The summed E-state index contributed by atoms with van der Waals surface area (Å²) < 4.78 is 9.75. The van der Waals surface area contributed by atoms with Crippen molar-refractivity contribution in [2.75, 3.05) is 19.2 Å². The summed E-state index contributed by atoms with van der Waals surface area (Å²) in [4.78, 5) is 25.2. The summed E-state index contributed by atoms with van der Waals surface area (Å²) in [6.45, 7) is 0. The normalized spacial score (nSPS) is 18.0. The lowest BCUT2D eigenvalue weighted by molar-refractivity contribution is -0.161. The Balaban J connectivity index is 2.19. The minimum atomic E-state index is -1.93. The molecule has 1 aliphatic heterocycles. The largest absolute Gasteiger partial charge is 0.467 e. The van der Waals surface area contributed by atoms with Crippen LogP contribution >= 0.6 is 0 Å². The maximum atomic E-state index is 12.6. The van der Waals surface area contributed by atoms with Crippen molar-refractivity contribution in [3.8, 4) is 0 Å². The summed E-state index contributed by atoms with van der Waals surface area (Å²) in [5, 5.41) is 9.67. The molecule has 2 aromatic rings. The number of para-hydroxylation sites is 1. The average molecular weight is 339 g/mol. The van der Waals surface area contributed by atoms with E-state index >= 15 is 0 Å². The molecule has 1 heterocycles. The fourth-order valence-corrected chi connectivity index (χ4v) is 2.90. The Labute approximate surface area is 144 Å². The van der Waals surface area contributed by atoms with Gasteiger partial charge in [-0.15, -0.1) is 5.11 Å². The average Bonchev–Trinajstić information content (AvgIpc) is 3.09. The zero-order valence-electron chi connectivity index (χ0n) is 13.8. The van der Waals surface area contributed by atoms with Crippen LogP contribution in [-0.4, -0.2) is 31.7 Å². The first-order valence-electron chi connectivity index (χ1n) is 7.64. The van der Waals surface area contributed by atoms with E-state index in [9.17, 15) is 9.59 Å². The van der Waals surface area contributed by atoms with Gasteiger partial charge in [0.1, 0.15) is 6.04 Å². The Morgan fingerprint density at radius 1 is 0.920 bits per heavy atom. The zero-order chi connectivity index (χ0) is 17.9. The predicted molar refractivity (Wildman–Crippen MR) is 89.7 cm³/mol. The smallest absolute Gasteiger partial charge is 0.350 e. The molecule has 0 fully saturated rings. The Bertz CT molecular complexity index is 776. The van der Waals surface area contributed by atoms with Crippen LogP contribution in [0.15, 0.2) is 71.0 Å². The molecule has 0 spiro atoms. The molecule has 0 amide bonds. The van der Waals surface area contributed by atoms with Gasteiger partial charge < -0.3 is 9.47 Å². The summed E-state index contributed by atoms with van der Waals surface area (Å²) in [6, 6.07) is 17.4. The predicted octanol–water partition coefficient (Wildman–Crippen LogP) is 2.70. The highest BCUT2D eigenvalue weighted by Crippen LogP contribution is 2.44. The molecule has 0 radical (unpaired) electrons. The fraction of sp³-hybridized carbons (Fsp3) is 0.222. The molecule has 0 saturated carbocycles. The number of hydrogen-bond donors (Lipinski definition) is 0. The number of carbonyl (C=O) groups is 2. The van der Waals surface area contributed by atoms with Gasteiger partial charge in [0, 0.05) is 0 Å². The molecule has 0 aliphatic carbocycles. The van der Waals surface area contributed by atoms with E-state index < -0.39 is 23.5 Å². The van der Waals surface area contributed by atoms with Crippen LogP contribution in [0, 0.1) is 0 Å². The van der Waals surface area contributed by atoms with E-state index in [1.165, 1.54) is 19.2 Å². The molecule has 1 aliphatic rings. The van der Waals surface area contributed by atoms with Crippen LogP contribution in [0.4, 0.5) is 5.69 Å². The van der Waals surface area contributed by atoms with E-state index in [1.54, 1.807) is 12.1 Å². The number of nitrogens with zero attached hydrogens (tertiary/aromatic N) is 3. The van der Waals surface area contributed by atoms with Crippen molar-refractivity contribution in [1.29, 1.82) is 0 Å². The molecule has 0 N–H and O–H groups in total. The van der Waals surface area contributed by atoms with Gasteiger partial charge in [0.25, 0.3) is 0 Å². The number of ether oxygens (including phenoxy) is 2. The van der Waals surface area contributed by atoms with Crippen LogP contribution in [-0.2, 0) is 19.1 Å². The third-order valence-electron chi connectivity index (χ3n) is 4.07. The van der Waals surface area contributed by atoms with Crippen LogP contribution in [0.5, 0.6) is 0 Å². The minimum absolute atomic E-state index is 0.687. The topological polar surface area (TPSA) is 80.6 Å². The molecule has 2 aromatic carbocycles. The van der Waals surface area contributed by atoms with Crippen LogP contribution in [0.25, 0.3) is 0 Å². The van der Waals surface area contributed by atoms with Crippen molar-refractivity contribution in [3.05, 3.63) is 66.2 Å². The van der Waals surface area contributed by atoms with Gasteiger partial charge in [-0.3, -0.25) is 0 Å². The van der Waals surface area contributed by atoms with Crippen LogP contribution in [0.2, 0.25) is 0 Å². The summed E-state index contributed by atoms with van der Waals surface area (Å²) >= 11 is 0. The number of carbonyl (C=O) groups excluding carboxylic acids is 2. The van der Waals surface area contributed by atoms with Gasteiger partial charge in [-0.05, 0) is 17.7 Å². The maximum absolute atomic E-state index is 12.6. The monoisotopic (exact) mass is 339 g/mol. The van der Waals surface area contributed by atoms with Gasteiger partial charge in [-0.2, -0.15) is 0 Å². The summed E-state index contributed by atoms with van der Waals surface area (Å²) in [5.74, 6) is -1.65. The fourth-order valence-electron chi connectivity index (χ4n) is 2.90. The summed E-state index contributed by atoms with van der Waals surface area (Å²) in [7, 11) is 2.41. The van der Waals surface area contributed by atoms with E-state index in [4.69, 9.17) is 9.47 Å². The third-order valence-corrected chi connectivity index (χ3v) is 4.07. The molecule has 3 rings (SSSR count). The van der Waals surface area contributed by atoms with Crippen LogP contribution in [0.3, 0.4) is 0 Å². The number of anilines is 1. The first-order chi connectivity index (χ1) is 12.1. The molecular formula is C18H17N3O4. The van der Waals surface area contributed by atoms with E-state index in [1.807, 2.05) is 48.5 Å². The second kappa shape index (κ2) is 6.72. The van der Waals surface area contributed by atoms with E-state index in [0.717, 1.165) is 0 Å². The van der Waals surface area contributed by atoms with Gasteiger partial charge >= 0.3 is 17.5 Å². The lowest BCUT2D eigenvalue weighted by Crippen LogP contribution is -2.52. The van der Waals surface area contributed by atoms with Crippen molar-refractivity contribution in [1.82, 2.24) is 0 Å². The van der Waals surface area contributed by atoms with E-state index in [2.05, 4.69) is 10.3 Å². The first kappa shape index (κ1) is 16.6. The third kappa shape index (κ3) is 2.63. The Morgan fingerprint density at radius 2 is 1.44 bits per heavy atom. The molecule has 7 heteroatoms. The van der Waals surface area contributed by atoms with Gasteiger partial charge in [-0.25, -0.2) is 14.6 Å². The number of esters is 2. The lowest BCUT2D eigenvalue weighted by Gasteiger charge is -2.31. The summed E-state index contributed by atoms with van der Waals surface area (Å²) in [5.41, 5.74) is -0.553. The van der Waals surface area contributed by atoms with Gasteiger partial charge in [0.15, 0.2) is 0 Å². The molecular weight excluding hydrogens is 322 g/mol. The Morgan fingerprint density at radius 3 is 1.96 bits per heavy atom. The van der Waals surface area contributed by atoms with Crippen molar-refractivity contribution in [2.45, 2.75) is 11.6 Å². The van der Waals surface area contributed by atoms with Crippen molar-refractivity contribution in [2.24, 2.45) is 10.3 Å². The molecule has 1 unspecified atom stereocenters. The molecule has 128 valence electrons. The Kier molecular flexibility index (Phi) is 4.47. The van der Waals surface area contributed by atoms with Gasteiger partial charge in [-0.1, -0.05) is 53.8 Å². The number of methoxy groups -OCH3 is 2. The highest BCUT2D eigenvalue weighted by molar-refractivity contribution is 6.07. The standard InChI is InChI=1S/C18H17N3O4/c1-24-16(22)18(17(23)25-2)15(13-9-5-3-6-10-13)21(20-19-18)14-11-7-4-8-12-14/h3-12,15H,1-2H3. The van der Waals surface area contributed by atoms with Crippen LogP contribution < -0.4 is 5.01 Å². The van der Waals surface area contributed by atoms with Crippen LogP contribution in [0.1, 0.15) is 11.6 Å². The van der Waals surface area contributed by atoms with Crippen molar-refractivity contribution in [3.63, 3.8) is 0 Å². The molecule has 7 nitrogen and oxygen atoms in total. The Hall–Kier alpha value is -3.22. The van der Waals surface area contributed by atoms with Crippen molar-refractivity contribution >= 4 is 17.6 Å². The number of rotatable bonds is 4. The highest BCUT2D eigenvalue weighted by Gasteiger charge is 2.62.